The van der Waals surface area contributed by atoms with Crippen LogP contribution in [0.3, 0.4) is 0 Å². The van der Waals surface area contributed by atoms with E-state index in [2.05, 4.69) is 13.8 Å². The average Bonchev–Trinajstić information content (AvgIpc) is 3.18. The van der Waals surface area contributed by atoms with E-state index in [1.165, 1.54) is 126 Å². The van der Waals surface area contributed by atoms with E-state index in [-0.39, 0.29) is 70.5 Å². The Bertz CT molecular complexity index is 1840. The number of hydrogen-bond donors (Lipinski definition) is 2. The van der Waals surface area contributed by atoms with E-state index < -0.39 is 20.2 Å². The first-order valence-corrected chi connectivity index (χ1v) is 23.8. The van der Waals surface area contributed by atoms with E-state index in [1.54, 1.807) is 30.3 Å². The monoisotopic (exact) mass is 878 g/mol. The number of rotatable bonds is 26. The van der Waals surface area contributed by atoms with Crippen LogP contribution in [-0.4, -0.2) is 68.8 Å². The van der Waals surface area contributed by atoms with Crippen LogP contribution in [0.2, 0.25) is 0 Å². The zero-order valence-corrected chi connectivity index (χ0v) is 38.8. The summed E-state index contributed by atoms with van der Waals surface area (Å²) >= 11 is 0. The van der Waals surface area contributed by atoms with Crippen molar-refractivity contribution in [2.24, 2.45) is 0 Å². The van der Waals surface area contributed by atoms with Gasteiger partial charge in [0.2, 0.25) is 0 Å². The molecule has 0 aromatic heterocycles. The van der Waals surface area contributed by atoms with Gasteiger partial charge in [-0.1, -0.05) is 153 Å². The van der Waals surface area contributed by atoms with E-state index in [4.69, 9.17) is 9.47 Å². The molecule has 2 N–H and O–H groups in total. The predicted molar refractivity (Wildman–Crippen MR) is 232 cm³/mol. The zero-order chi connectivity index (χ0) is 42.2. The molecule has 0 aliphatic rings. The van der Waals surface area contributed by atoms with Crippen LogP contribution < -0.4 is 14.6 Å². The van der Waals surface area contributed by atoms with Crippen LogP contribution in [0, 0.1) is 0 Å². The van der Waals surface area contributed by atoms with Crippen LogP contribution in [-0.2, 0) is 33.1 Å². The molecular formula is C46H62CaO10S2. The summed E-state index contributed by atoms with van der Waals surface area (Å²) in [5.41, 5.74) is 1.44. The van der Waals surface area contributed by atoms with Crippen molar-refractivity contribution in [3.05, 3.63) is 96.1 Å². The maximum absolute atomic E-state index is 11.8. The van der Waals surface area contributed by atoms with Gasteiger partial charge in [-0.2, -0.15) is 8.42 Å². The molecule has 0 aliphatic heterocycles. The molecular weight excluding hydrogens is 817 g/mol. The third-order valence-electron chi connectivity index (χ3n) is 9.87. The molecule has 320 valence electrons. The summed E-state index contributed by atoms with van der Waals surface area (Å²) in [6.07, 6.45) is 22.9. The Kier molecular flexibility index (Phi) is 25.4. The molecule has 0 spiro atoms. The van der Waals surface area contributed by atoms with E-state index in [1.807, 2.05) is 6.07 Å². The number of hydrogen-bond acceptors (Lipinski definition) is 9. The van der Waals surface area contributed by atoms with Crippen LogP contribution in [0.5, 0.6) is 34.5 Å². The molecule has 4 aromatic carbocycles. The average molecular weight is 879 g/mol. The van der Waals surface area contributed by atoms with Crippen molar-refractivity contribution in [2.45, 2.75) is 152 Å². The van der Waals surface area contributed by atoms with Gasteiger partial charge in [0.15, 0.2) is 5.75 Å². The zero-order valence-electron chi connectivity index (χ0n) is 34.9. The van der Waals surface area contributed by atoms with Crippen LogP contribution in [0.15, 0.2) is 94.7 Å². The van der Waals surface area contributed by atoms with Crippen molar-refractivity contribution >= 4 is 58.0 Å². The number of aryl methyl sites for hydroxylation is 2. The quantitative estimate of drug-likeness (QED) is 0.0351. The molecule has 4 rings (SSSR count). The fourth-order valence-corrected chi connectivity index (χ4v) is 7.96. The molecule has 13 heteroatoms. The largest absolute Gasteiger partial charge is 2.00 e. The molecule has 0 unspecified atom stereocenters. The summed E-state index contributed by atoms with van der Waals surface area (Å²) in [5, 5.41) is 20.7. The van der Waals surface area contributed by atoms with Crippen molar-refractivity contribution in [1.29, 1.82) is 0 Å². The summed E-state index contributed by atoms with van der Waals surface area (Å²) in [5.74, 6) is 0.870. The van der Waals surface area contributed by atoms with Crippen molar-refractivity contribution in [1.82, 2.24) is 0 Å². The minimum atomic E-state index is -4.67. The number of para-hydroxylation sites is 2. The predicted octanol–water partition coefficient (Wildman–Crippen LogP) is 11.7. The van der Waals surface area contributed by atoms with Gasteiger partial charge in [0.1, 0.15) is 38.0 Å². The minimum Gasteiger partial charge on any atom is -0.872 e. The molecule has 59 heavy (non-hydrogen) atoms. The number of phenols is 1. The Labute approximate surface area is 383 Å². The molecule has 0 atom stereocenters. The van der Waals surface area contributed by atoms with E-state index in [9.17, 15) is 36.2 Å². The number of aromatic hydroxyl groups is 1. The van der Waals surface area contributed by atoms with Crippen LogP contribution in [0.4, 0.5) is 0 Å². The Morgan fingerprint density at radius 3 is 1.25 bits per heavy atom. The van der Waals surface area contributed by atoms with Crippen LogP contribution in [0.1, 0.15) is 141 Å². The van der Waals surface area contributed by atoms with Gasteiger partial charge in [0, 0.05) is 0 Å². The van der Waals surface area contributed by atoms with Crippen LogP contribution in [0.25, 0.3) is 0 Å². The Hall–Kier alpha value is -2.84. The van der Waals surface area contributed by atoms with E-state index in [0.29, 0.717) is 29.9 Å². The summed E-state index contributed by atoms with van der Waals surface area (Å²) < 4.78 is 79.8. The Morgan fingerprint density at radius 2 is 0.864 bits per heavy atom. The molecule has 0 radical (unpaired) electrons. The Balaban J connectivity index is 0.000000400. The first-order chi connectivity index (χ1) is 27.8. The third-order valence-corrected chi connectivity index (χ3v) is 11.6. The van der Waals surface area contributed by atoms with Crippen molar-refractivity contribution in [3.8, 4) is 34.5 Å². The fraction of sp³-hybridized carbons (Fsp3) is 0.478. The van der Waals surface area contributed by atoms with Gasteiger partial charge in [-0.05, 0) is 85.3 Å². The summed E-state index contributed by atoms with van der Waals surface area (Å²) in [6.45, 7) is 4.43. The first-order valence-electron chi connectivity index (χ1n) is 20.9. The summed E-state index contributed by atoms with van der Waals surface area (Å²) in [6, 6.07) is 21.1. The SMILES string of the molecule is CCCCCCCCCCCc1cccc(S(=O)(=O)O)c1Oc1ccc(O)cc1.CCCCCCCCCCCc1cccc(S(=O)(=O)[O-])c1Oc1ccc([O-])cc1.[Ca+2]. The van der Waals surface area contributed by atoms with Gasteiger partial charge in [-0.3, -0.25) is 4.55 Å². The molecule has 0 saturated carbocycles. The molecule has 10 nitrogen and oxygen atoms in total. The van der Waals surface area contributed by atoms with Gasteiger partial charge >= 0.3 is 37.7 Å². The molecule has 0 aliphatic carbocycles. The smallest absolute Gasteiger partial charge is 0.872 e. The molecule has 0 saturated heterocycles. The minimum absolute atomic E-state index is 0. The normalized spacial score (nSPS) is 11.3. The molecule has 0 heterocycles. The second kappa shape index (κ2) is 28.6. The molecule has 4 aromatic rings. The Morgan fingerprint density at radius 1 is 0.508 bits per heavy atom. The van der Waals surface area contributed by atoms with E-state index in [0.717, 1.165) is 44.1 Å². The maximum Gasteiger partial charge on any atom is 2.00 e. The second-order valence-electron chi connectivity index (χ2n) is 14.7. The number of ether oxygens (including phenoxy) is 2. The second-order valence-corrected chi connectivity index (χ2v) is 17.5. The molecule has 0 fully saturated rings. The van der Waals surface area contributed by atoms with Gasteiger partial charge in [-0.25, -0.2) is 8.42 Å². The third kappa shape index (κ3) is 20.5. The number of unbranched alkanes of at least 4 members (excludes halogenated alkanes) is 16. The first kappa shape index (κ1) is 52.3. The van der Waals surface area contributed by atoms with Gasteiger partial charge in [0.25, 0.3) is 10.1 Å². The summed E-state index contributed by atoms with van der Waals surface area (Å²) in [4.78, 5) is -0.601. The molecule has 0 amide bonds. The van der Waals surface area contributed by atoms with Crippen molar-refractivity contribution in [3.63, 3.8) is 0 Å². The number of benzene rings is 4. The summed E-state index contributed by atoms with van der Waals surface area (Å²) in [7, 11) is -9.08. The topological polar surface area (TPSA) is 173 Å². The van der Waals surface area contributed by atoms with Crippen molar-refractivity contribution in [2.75, 3.05) is 0 Å². The van der Waals surface area contributed by atoms with Gasteiger partial charge in [0.05, 0.1) is 4.90 Å². The maximum atomic E-state index is 11.8. The van der Waals surface area contributed by atoms with Gasteiger partial charge in [-0.15, -0.1) is 5.75 Å². The van der Waals surface area contributed by atoms with Crippen molar-refractivity contribution < 1.29 is 45.6 Å². The number of phenolic OH excluding ortho intramolecular Hbond substituents is 1. The molecule has 0 bridgehead atoms. The van der Waals surface area contributed by atoms with E-state index >= 15 is 0 Å². The van der Waals surface area contributed by atoms with Crippen LogP contribution >= 0.6 is 0 Å². The van der Waals surface area contributed by atoms with Gasteiger partial charge < -0.3 is 24.2 Å². The standard InChI is InChI=1S/2C23H32O5S.Ca/c2*1-2-3-4-5-6-7-8-9-10-12-19-13-11-14-22(29(25,26)27)23(19)28-21-17-15-20(24)16-18-21;/h2*11,13-18,24H,2-10,12H2,1H3,(H,25,26,27);/q;;+2/p-2. The fourth-order valence-electron chi connectivity index (χ4n) is 6.66.